The molecule has 0 aliphatic carbocycles. The summed E-state index contributed by atoms with van der Waals surface area (Å²) >= 11 is 3.45. The van der Waals surface area contributed by atoms with Crippen LogP contribution < -0.4 is 0 Å². The second-order valence-corrected chi connectivity index (χ2v) is 3.65. The number of benzene rings is 2. The molecule has 2 aromatic rings. The Morgan fingerprint density at radius 2 is 1.58 bits per heavy atom. The van der Waals surface area contributed by atoms with Crippen LogP contribution in [0.2, 0.25) is 0 Å². The van der Waals surface area contributed by atoms with E-state index in [0.717, 1.165) is 10.0 Å². The highest BCUT2D eigenvalue weighted by atomic mass is 79.9. The first-order valence-electron chi connectivity index (χ1n) is 3.77. The van der Waals surface area contributed by atoms with E-state index in [0.29, 0.717) is 0 Å². The van der Waals surface area contributed by atoms with Gasteiger partial charge in [-0.15, -0.1) is 0 Å². The van der Waals surface area contributed by atoms with Crippen molar-refractivity contribution in [1.29, 1.82) is 0 Å². The van der Waals surface area contributed by atoms with Crippen LogP contribution in [0, 0.1) is 6.92 Å². The van der Waals surface area contributed by atoms with E-state index in [2.05, 4.69) is 47.1 Å². The van der Waals surface area contributed by atoms with Crippen LogP contribution in [0.15, 0.2) is 40.9 Å². The van der Waals surface area contributed by atoms with E-state index in [4.69, 9.17) is 0 Å². The number of halogens is 1. The maximum absolute atomic E-state index is 3.92. The lowest BCUT2D eigenvalue weighted by atomic mass is 10.1. The summed E-state index contributed by atoms with van der Waals surface area (Å²) in [7, 11) is 0. The van der Waals surface area contributed by atoms with Crippen molar-refractivity contribution in [3.63, 3.8) is 0 Å². The second-order valence-electron chi connectivity index (χ2n) is 2.79. The van der Waals surface area contributed by atoms with E-state index in [1.54, 1.807) is 0 Å². The van der Waals surface area contributed by atoms with Crippen LogP contribution in [0.25, 0.3) is 10.8 Å². The summed E-state index contributed by atoms with van der Waals surface area (Å²) in [5, 5.41) is 2.49. The van der Waals surface area contributed by atoms with Gasteiger partial charge in [0.15, 0.2) is 0 Å². The fourth-order valence-corrected chi connectivity index (χ4v) is 1.62. The van der Waals surface area contributed by atoms with E-state index in [1.807, 2.05) is 12.1 Å². The number of rotatable bonds is 0. The quantitative estimate of drug-likeness (QED) is 0.633. The van der Waals surface area contributed by atoms with Gasteiger partial charge in [0, 0.05) is 4.47 Å². The third-order valence-corrected chi connectivity index (χ3v) is 2.65. The smallest absolute Gasteiger partial charge is 0.0213 e. The highest BCUT2D eigenvalue weighted by molar-refractivity contribution is 9.10. The second kappa shape index (κ2) is 2.91. The number of hydrogen-bond donors (Lipinski definition) is 0. The maximum atomic E-state index is 3.92. The Bertz CT molecular complexity index is 378. The molecule has 0 fully saturated rings. The zero-order chi connectivity index (χ0) is 8.55. The summed E-state index contributed by atoms with van der Waals surface area (Å²) in [5.41, 5.74) is 1.04. The summed E-state index contributed by atoms with van der Waals surface area (Å²) in [4.78, 5) is 0. The number of fused-ring (bicyclic) bond motifs is 1. The van der Waals surface area contributed by atoms with E-state index in [-0.39, 0.29) is 0 Å². The van der Waals surface area contributed by atoms with Gasteiger partial charge < -0.3 is 0 Å². The van der Waals surface area contributed by atoms with Gasteiger partial charge in [0.05, 0.1) is 0 Å². The maximum Gasteiger partial charge on any atom is 0.0213 e. The molecule has 2 aromatic carbocycles. The topological polar surface area (TPSA) is 0 Å². The third-order valence-electron chi connectivity index (χ3n) is 1.91. The molecule has 0 aliphatic rings. The molecule has 0 N–H and O–H groups in total. The molecule has 0 aliphatic heterocycles. The van der Waals surface area contributed by atoms with E-state index in [9.17, 15) is 0 Å². The zero-order valence-corrected chi connectivity index (χ0v) is 8.14. The summed E-state index contributed by atoms with van der Waals surface area (Å²) in [6, 6.07) is 12.4. The normalized spacial score (nSPS) is 10.5. The molecule has 0 unspecified atom stereocenters. The standard InChI is InChI=1S/C11H8Br/c1-8-6-9-4-2-3-5-10(9)7-11(8)12/h2-7H,1H2. The monoisotopic (exact) mass is 219 g/mol. The summed E-state index contributed by atoms with van der Waals surface area (Å²) in [6.07, 6.45) is 0. The van der Waals surface area contributed by atoms with Crippen molar-refractivity contribution in [3.05, 3.63) is 53.4 Å². The Labute approximate surface area is 80.3 Å². The Hall–Kier alpha value is -0.820. The predicted octanol–water partition coefficient (Wildman–Crippen LogP) is 3.78. The van der Waals surface area contributed by atoms with Crippen LogP contribution in [0.1, 0.15) is 5.56 Å². The van der Waals surface area contributed by atoms with Crippen molar-refractivity contribution in [2.24, 2.45) is 0 Å². The van der Waals surface area contributed by atoms with Crippen LogP contribution in [0.3, 0.4) is 0 Å². The predicted molar refractivity (Wildman–Crippen MR) is 56.1 cm³/mol. The van der Waals surface area contributed by atoms with Crippen molar-refractivity contribution in [2.45, 2.75) is 0 Å². The van der Waals surface area contributed by atoms with Crippen LogP contribution in [-0.4, -0.2) is 0 Å². The molecule has 1 heteroatoms. The van der Waals surface area contributed by atoms with Gasteiger partial charge in [-0.3, -0.25) is 0 Å². The fraction of sp³-hybridized carbons (Fsp3) is 0. The van der Waals surface area contributed by atoms with Crippen molar-refractivity contribution in [3.8, 4) is 0 Å². The van der Waals surface area contributed by atoms with Gasteiger partial charge in [-0.25, -0.2) is 0 Å². The van der Waals surface area contributed by atoms with Gasteiger partial charge in [0.2, 0.25) is 0 Å². The van der Waals surface area contributed by atoms with Gasteiger partial charge in [0.1, 0.15) is 0 Å². The average Bonchev–Trinajstić information content (AvgIpc) is 2.07. The molecule has 0 heterocycles. The van der Waals surface area contributed by atoms with Gasteiger partial charge in [0.25, 0.3) is 0 Å². The van der Waals surface area contributed by atoms with Gasteiger partial charge in [-0.1, -0.05) is 46.3 Å². The van der Waals surface area contributed by atoms with E-state index >= 15 is 0 Å². The lowest BCUT2D eigenvalue weighted by molar-refractivity contribution is 1.61. The molecular formula is C11H8Br. The Balaban J connectivity index is 2.84. The zero-order valence-electron chi connectivity index (χ0n) is 6.55. The van der Waals surface area contributed by atoms with Crippen LogP contribution >= 0.6 is 15.9 Å². The minimum atomic E-state index is 1.04. The van der Waals surface area contributed by atoms with Crippen molar-refractivity contribution in [1.82, 2.24) is 0 Å². The van der Waals surface area contributed by atoms with E-state index < -0.39 is 0 Å². The lowest BCUT2D eigenvalue weighted by Crippen LogP contribution is -1.77. The van der Waals surface area contributed by atoms with Gasteiger partial charge >= 0.3 is 0 Å². The summed E-state index contributed by atoms with van der Waals surface area (Å²) in [6.45, 7) is 3.92. The third kappa shape index (κ3) is 1.25. The summed E-state index contributed by atoms with van der Waals surface area (Å²) < 4.78 is 1.07. The highest BCUT2D eigenvalue weighted by Gasteiger charge is 1.96. The first kappa shape index (κ1) is 7.81. The average molecular weight is 220 g/mol. The molecule has 0 amide bonds. The molecule has 12 heavy (non-hydrogen) atoms. The molecular weight excluding hydrogens is 212 g/mol. The molecule has 0 saturated carbocycles. The van der Waals surface area contributed by atoms with Gasteiger partial charge in [-0.05, 0) is 29.3 Å². The van der Waals surface area contributed by atoms with Crippen LogP contribution in [0.4, 0.5) is 0 Å². The lowest BCUT2D eigenvalue weighted by Gasteiger charge is -2.01. The van der Waals surface area contributed by atoms with Crippen LogP contribution in [0.5, 0.6) is 0 Å². The Morgan fingerprint density at radius 1 is 1.00 bits per heavy atom. The van der Waals surface area contributed by atoms with Gasteiger partial charge in [-0.2, -0.15) is 0 Å². The van der Waals surface area contributed by atoms with Crippen molar-refractivity contribution >= 4 is 26.7 Å². The molecule has 1 radical (unpaired) electrons. The highest BCUT2D eigenvalue weighted by Crippen LogP contribution is 2.23. The molecule has 2 rings (SSSR count). The molecule has 0 nitrogen and oxygen atoms in total. The largest absolute Gasteiger partial charge is 0.0616 e. The van der Waals surface area contributed by atoms with Crippen molar-refractivity contribution < 1.29 is 0 Å². The minimum absolute atomic E-state index is 1.04. The van der Waals surface area contributed by atoms with Crippen molar-refractivity contribution in [2.75, 3.05) is 0 Å². The number of hydrogen-bond acceptors (Lipinski definition) is 0. The molecule has 0 spiro atoms. The SMILES string of the molecule is [CH2]c1cc2ccccc2cc1Br. The molecule has 0 saturated heterocycles. The fourth-order valence-electron chi connectivity index (χ4n) is 1.26. The first-order chi connectivity index (χ1) is 5.77. The molecule has 59 valence electrons. The first-order valence-corrected chi connectivity index (χ1v) is 4.57. The minimum Gasteiger partial charge on any atom is -0.0616 e. The van der Waals surface area contributed by atoms with Crippen LogP contribution in [-0.2, 0) is 0 Å². The summed E-state index contributed by atoms with van der Waals surface area (Å²) in [5.74, 6) is 0. The molecule has 0 aromatic heterocycles. The Morgan fingerprint density at radius 3 is 2.25 bits per heavy atom. The van der Waals surface area contributed by atoms with E-state index in [1.165, 1.54) is 10.8 Å². The molecule has 0 bridgehead atoms. The molecule has 0 atom stereocenters. The Kier molecular flexibility index (Phi) is 1.89.